The smallest absolute Gasteiger partial charge is 0.243 e. The van der Waals surface area contributed by atoms with Gasteiger partial charge in [-0.25, -0.2) is 0 Å². The zero-order valence-electron chi connectivity index (χ0n) is 20.8. The van der Waals surface area contributed by atoms with E-state index in [4.69, 9.17) is 5.73 Å². The molecule has 1 aromatic heterocycles. The second kappa shape index (κ2) is 11.7. The number of rotatable bonds is 9. The minimum absolute atomic E-state index is 0.0165. The molecule has 3 heterocycles. The molecule has 0 spiro atoms. The Kier molecular flexibility index (Phi) is 8.46. The third kappa shape index (κ3) is 6.44. The van der Waals surface area contributed by atoms with Crippen LogP contribution in [0.15, 0.2) is 48.9 Å². The third-order valence-electron chi connectivity index (χ3n) is 7.16. The standard InChI is InChI=1S/C27H38N6O2/c1-19(2)14-24(26(34)31-17-22-16-29-11-12-30-22)32-13-10-23(9-8-20-6-4-3-5-7-20)33-18-21(28)15-25(33)27(32)35/h3-7,11-12,16,19,21,23-25H,8-10,13-15,17-18,28H2,1-2H3,(H,31,34)/t21-,23?,24-,25+/m1/s1. The van der Waals surface area contributed by atoms with E-state index >= 15 is 0 Å². The fourth-order valence-corrected chi connectivity index (χ4v) is 5.43. The van der Waals surface area contributed by atoms with Gasteiger partial charge in [-0.1, -0.05) is 44.2 Å². The molecule has 2 saturated heterocycles. The lowest BCUT2D eigenvalue weighted by Gasteiger charge is -2.33. The SMILES string of the molecule is CC(C)C[C@H](C(=O)NCc1cnccn1)N1CCC(CCc2ccccc2)N2C[C@H](N)C[C@H]2C1=O. The number of benzene rings is 1. The first-order valence-electron chi connectivity index (χ1n) is 12.8. The number of fused-ring (bicyclic) bond motifs is 1. The molecule has 0 radical (unpaired) electrons. The predicted octanol–water partition coefficient (Wildman–Crippen LogP) is 2.14. The molecule has 0 aliphatic carbocycles. The van der Waals surface area contributed by atoms with Crippen LogP contribution in [-0.2, 0) is 22.6 Å². The van der Waals surface area contributed by atoms with Crippen LogP contribution < -0.4 is 11.1 Å². The van der Waals surface area contributed by atoms with Crippen molar-refractivity contribution in [2.24, 2.45) is 11.7 Å². The van der Waals surface area contributed by atoms with E-state index in [0.29, 0.717) is 31.6 Å². The summed E-state index contributed by atoms with van der Waals surface area (Å²) in [6.07, 6.45) is 8.90. The van der Waals surface area contributed by atoms with Crippen LogP contribution in [0, 0.1) is 5.92 Å². The summed E-state index contributed by atoms with van der Waals surface area (Å²) in [6, 6.07) is 9.97. The van der Waals surface area contributed by atoms with Crippen LogP contribution in [0.3, 0.4) is 0 Å². The van der Waals surface area contributed by atoms with E-state index in [9.17, 15) is 9.59 Å². The van der Waals surface area contributed by atoms with Crippen LogP contribution in [0.5, 0.6) is 0 Å². The van der Waals surface area contributed by atoms with Gasteiger partial charge in [-0.3, -0.25) is 24.5 Å². The van der Waals surface area contributed by atoms with Crippen LogP contribution in [0.2, 0.25) is 0 Å². The van der Waals surface area contributed by atoms with E-state index in [1.807, 2.05) is 11.0 Å². The van der Waals surface area contributed by atoms with Gasteiger partial charge in [0.2, 0.25) is 11.8 Å². The molecular formula is C27H38N6O2. The average molecular weight is 479 g/mol. The second-order valence-electron chi connectivity index (χ2n) is 10.3. The highest BCUT2D eigenvalue weighted by Crippen LogP contribution is 2.30. The molecule has 0 saturated carbocycles. The molecule has 2 aliphatic rings. The highest BCUT2D eigenvalue weighted by Gasteiger charge is 2.45. The van der Waals surface area contributed by atoms with Crippen molar-refractivity contribution in [2.45, 2.75) is 76.7 Å². The molecule has 3 N–H and O–H groups in total. The van der Waals surface area contributed by atoms with Gasteiger partial charge in [0, 0.05) is 37.6 Å². The van der Waals surface area contributed by atoms with Crippen molar-refractivity contribution < 1.29 is 9.59 Å². The van der Waals surface area contributed by atoms with Gasteiger partial charge in [-0.05, 0) is 43.6 Å². The summed E-state index contributed by atoms with van der Waals surface area (Å²) in [4.78, 5) is 39.7. The molecule has 0 bridgehead atoms. The first kappa shape index (κ1) is 25.3. The lowest BCUT2D eigenvalue weighted by Crippen LogP contribution is -2.53. The number of nitrogens with two attached hydrogens (primary N) is 1. The normalized spacial score (nSPS) is 23.7. The van der Waals surface area contributed by atoms with E-state index in [2.05, 4.69) is 58.3 Å². The first-order chi connectivity index (χ1) is 16.9. The summed E-state index contributed by atoms with van der Waals surface area (Å²) in [6.45, 7) is 5.79. The van der Waals surface area contributed by atoms with Crippen molar-refractivity contribution in [2.75, 3.05) is 13.1 Å². The van der Waals surface area contributed by atoms with Crippen molar-refractivity contribution in [1.82, 2.24) is 25.1 Å². The lowest BCUT2D eigenvalue weighted by atomic mass is 9.99. The number of amides is 2. The monoisotopic (exact) mass is 478 g/mol. The minimum atomic E-state index is -0.509. The lowest BCUT2D eigenvalue weighted by molar-refractivity contribution is -0.143. The molecule has 2 amide bonds. The Balaban J connectivity index is 1.50. The Morgan fingerprint density at radius 3 is 2.74 bits per heavy atom. The van der Waals surface area contributed by atoms with Gasteiger partial charge in [-0.15, -0.1) is 0 Å². The van der Waals surface area contributed by atoms with Crippen LogP contribution >= 0.6 is 0 Å². The fourth-order valence-electron chi connectivity index (χ4n) is 5.43. The van der Waals surface area contributed by atoms with Crippen LogP contribution in [-0.4, -0.2) is 68.8 Å². The zero-order valence-corrected chi connectivity index (χ0v) is 20.8. The molecule has 8 heteroatoms. The Bertz CT molecular complexity index is 970. The Labute approximate surface area is 208 Å². The van der Waals surface area contributed by atoms with E-state index in [1.165, 1.54) is 5.56 Å². The highest BCUT2D eigenvalue weighted by molar-refractivity contribution is 5.90. The van der Waals surface area contributed by atoms with Crippen LogP contribution in [0.4, 0.5) is 0 Å². The van der Waals surface area contributed by atoms with E-state index in [-0.39, 0.29) is 35.9 Å². The number of aromatic nitrogens is 2. The van der Waals surface area contributed by atoms with Gasteiger partial charge < -0.3 is 16.0 Å². The molecular weight excluding hydrogens is 440 g/mol. The molecule has 188 valence electrons. The fraction of sp³-hybridized carbons (Fsp3) is 0.556. The third-order valence-corrected chi connectivity index (χ3v) is 7.16. The molecule has 1 aromatic carbocycles. The maximum absolute atomic E-state index is 13.8. The summed E-state index contributed by atoms with van der Waals surface area (Å²) in [5, 5.41) is 3.00. The number of carbonyl (C=O) groups is 2. The van der Waals surface area contributed by atoms with Crippen molar-refractivity contribution in [3.05, 3.63) is 60.2 Å². The number of aryl methyl sites for hydroxylation is 1. The van der Waals surface area contributed by atoms with Crippen molar-refractivity contribution >= 4 is 11.8 Å². The Hall–Kier alpha value is -2.84. The summed E-state index contributed by atoms with van der Waals surface area (Å²) in [7, 11) is 0. The van der Waals surface area contributed by atoms with E-state index in [1.54, 1.807) is 18.6 Å². The van der Waals surface area contributed by atoms with Gasteiger partial charge >= 0.3 is 0 Å². The maximum atomic E-state index is 13.8. The Morgan fingerprint density at radius 1 is 1.23 bits per heavy atom. The van der Waals surface area contributed by atoms with Gasteiger partial charge in [0.15, 0.2) is 0 Å². The largest absolute Gasteiger partial charge is 0.349 e. The molecule has 1 unspecified atom stereocenters. The molecule has 4 atom stereocenters. The average Bonchev–Trinajstić information content (AvgIpc) is 3.20. The van der Waals surface area contributed by atoms with Crippen molar-refractivity contribution in [3.63, 3.8) is 0 Å². The molecule has 2 aliphatic heterocycles. The second-order valence-corrected chi connectivity index (χ2v) is 10.3. The zero-order chi connectivity index (χ0) is 24.8. The molecule has 2 aromatic rings. The first-order valence-corrected chi connectivity index (χ1v) is 12.8. The highest BCUT2D eigenvalue weighted by atomic mass is 16.2. The van der Waals surface area contributed by atoms with Gasteiger partial charge in [0.25, 0.3) is 0 Å². The van der Waals surface area contributed by atoms with E-state index < -0.39 is 6.04 Å². The van der Waals surface area contributed by atoms with Gasteiger partial charge in [0.05, 0.1) is 24.5 Å². The maximum Gasteiger partial charge on any atom is 0.243 e. The van der Waals surface area contributed by atoms with Crippen LogP contribution in [0.1, 0.15) is 50.8 Å². The number of hydrogen-bond donors (Lipinski definition) is 2. The molecule has 4 rings (SSSR count). The van der Waals surface area contributed by atoms with Gasteiger partial charge in [-0.2, -0.15) is 0 Å². The number of nitrogens with one attached hydrogen (secondary N) is 1. The van der Waals surface area contributed by atoms with E-state index in [0.717, 1.165) is 25.8 Å². The minimum Gasteiger partial charge on any atom is -0.349 e. The Morgan fingerprint density at radius 2 is 2.03 bits per heavy atom. The summed E-state index contributed by atoms with van der Waals surface area (Å²) < 4.78 is 0. The van der Waals surface area contributed by atoms with Crippen molar-refractivity contribution in [1.29, 1.82) is 0 Å². The quantitative estimate of drug-likeness (QED) is 0.572. The van der Waals surface area contributed by atoms with Crippen LogP contribution in [0.25, 0.3) is 0 Å². The summed E-state index contributed by atoms with van der Waals surface area (Å²) in [5.74, 6) is 0.184. The molecule has 8 nitrogen and oxygen atoms in total. The summed E-state index contributed by atoms with van der Waals surface area (Å²) >= 11 is 0. The number of hydrogen-bond acceptors (Lipinski definition) is 6. The van der Waals surface area contributed by atoms with Gasteiger partial charge in [0.1, 0.15) is 6.04 Å². The number of nitrogens with zero attached hydrogens (tertiary/aromatic N) is 4. The molecule has 35 heavy (non-hydrogen) atoms. The topological polar surface area (TPSA) is 104 Å². The summed E-state index contributed by atoms with van der Waals surface area (Å²) in [5.41, 5.74) is 8.35. The molecule has 2 fully saturated rings. The van der Waals surface area contributed by atoms with Crippen molar-refractivity contribution in [3.8, 4) is 0 Å². The number of carbonyl (C=O) groups excluding carboxylic acids is 2. The predicted molar refractivity (Wildman–Crippen MR) is 135 cm³/mol.